The monoisotopic (exact) mass is 986 g/mol. The number of aromatic nitrogens is 5. The SMILES string of the molecule is C=Cc1c(C=C)c(-c2cccc(Cn3c(-c4ccccc4N=C)nc(-c4ccccc4)c3-c3ccccc3)c2)c2ccccc2c1-c1ccc(-c2nc3ccccc3c3nc(-c4ccccc4)c(-c4ccccc4)n23)cc1. The van der Waals surface area contributed by atoms with Gasteiger partial charge in [-0.3, -0.25) is 9.39 Å². The van der Waals surface area contributed by atoms with E-state index in [1.807, 2.05) is 48.6 Å². The van der Waals surface area contributed by atoms with Crippen molar-refractivity contribution in [3.63, 3.8) is 0 Å². The number of fused-ring (bicyclic) bond motifs is 4. The van der Waals surface area contributed by atoms with Gasteiger partial charge >= 0.3 is 0 Å². The Morgan fingerprint density at radius 1 is 0.403 bits per heavy atom. The van der Waals surface area contributed by atoms with Crippen LogP contribution in [0.15, 0.2) is 261 Å². The zero-order chi connectivity index (χ0) is 51.8. The Labute approximate surface area is 447 Å². The maximum atomic E-state index is 5.46. The van der Waals surface area contributed by atoms with Gasteiger partial charge in [-0.15, -0.1) is 0 Å². The lowest BCUT2D eigenvalue weighted by molar-refractivity contribution is 0.815. The molecule has 364 valence electrons. The molecule has 77 heavy (non-hydrogen) atoms. The number of imidazole rings is 2. The predicted molar refractivity (Wildman–Crippen MR) is 322 cm³/mol. The average Bonchev–Trinajstić information content (AvgIpc) is 4.24. The highest BCUT2D eigenvalue weighted by Gasteiger charge is 2.26. The summed E-state index contributed by atoms with van der Waals surface area (Å²) in [4.78, 5) is 20.7. The van der Waals surface area contributed by atoms with Gasteiger partial charge in [-0.2, -0.15) is 0 Å². The van der Waals surface area contributed by atoms with E-state index in [0.717, 1.165) is 140 Å². The second-order valence-electron chi connectivity index (χ2n) is 19.1. The Hall–Kier alpha value is -10.3. The number of para-hydroxylation sites is 2. The van der Waals surface area contributed by atoms with Crippen molar-refractivity contribution in [2.75, 3.05) is 0 Å². The molecule has 0 amide bonds. The van der Waals surface area contributed by atoms with Crippen LogP contribution in [0, 0.1) is 0 Å². The molecule has 0 aliphatic heterocycles. The van der Waals surface area contributed by atoms with Gasteiger partial charge in [0, 0.05) is 45.3 Å². The summed E-state index contributed by atoms with van der Waals surface area (Å²) in [5, 5.41) is 3.22. The highest BCUT2D eigenvalue weighted by molar-refractivity contribution is 6.12. The smallest absolute Gasteiger partial charge is 0.149 e. The van der Waals surface area contributed by atoms with Crippen LogP contribution < -0.4 is 0 Å². The van der Waals surface area contributed by atoms with E-state index >= 15 is 0 Å². The third-order valence-corrected chi connectivity index (χ3v) is 14.6. The summed E-state index contributed by atoms with van der Waals surface area (Å²) in [6.45, 7) is 13.4. The fourth-order valence-electron chi connectivity index (χ4n) is 11.2. The van der Waals surface area contributed by atoms with Crippen molar-refractivity contribution in [3.8, 4) is 90.1 Å². The Kier molecular flexibility index (Phi) is 12.0. The van der Waals surface area contributed by atoms with Gasteiger partial charge in [-0.1, -0.05) is 238 Å². The van der Waals surface area contributed by atoms with Gasteiger partial charge < -0.3 is 4.57 Å². The van der Waals surface area contributed by atoms with Gasteiger partial charge in [-0.05, 0) is 86.8 Å². The molecule has 0 fully saturated rings. The van der Waals surface area contributed by atoms with Crippen LogP contribution >= 0.6 is 0 Å². The molecule has 6 nitrogen and oxygen atoms in total. The maximum absolute atomic E-state index is 5.46. The molecule has 0 saturated carbocycles. The first-order valence-electron chi connectivity index (χ1n) is 25.8. The fraction of sp³-hybridized carbons (Fsp3) is 0.0141. The molecule has 3 aromatic heterocycles. The highest BCUT2D eigenvalue weighted by atomic mass is 15.1. The minimum atomic E-state index is 0.538. The van der Waals surface area contributed by atoms with E-state index in [4.69, 9.17) is 15.0 Å². The second kappa shape index (κ2) is 19.9. The van der Waals surface area contributed by atoms with Gasteiger partial charge in [0.2, 0.25) is 0 Å². The second-order valence-corrected chi connectivity index (χ2v) is 19.1. The summed E-state index contributed by atoms with van der Waals surface area (Å²) in [6.07, 6.45) is 3.97. The summed E-state index contributed by atoms with van der Waals surface area (Å²) >= 11 is 0. The zero-order valence-electron chi connectivity index (χ0n) is 42.3. The van der Waals surface area contributed by atoms with Crippen molar-refractivity contribution in [2.24, 2.45) is 4.99 Å². The molecule has 10 aromatic carbocycles. The fourth-order valence-corrected chi connectivity index (χ4v) is 11.2. The van der Waals surface area contributed by atoms with E-state index < -0.39 is 0 Å². The van der Waals surface area contributed by atoms with Gasteiger partial charge in [0.25, 0.3) is 0 Å². The normalized spacial score (nSPS) is 11.3. The van der Waals surface area contributed by atoms with Gasteiger partial charge in [-0.25, -0.2) is 15.0 Å². The van der Waals surface area contributed by atoms with Crippen molar-refractivity contribution in [2.45, 2.75) is 6.54 Å². The molecule has 0 N–H and O–H groups in total. The van der Waals surface area contributed by atoms with Crippen molar-refractivity contribution in [3.05, 3.63) is 273 Å². The molecule has 0 radical (unpaired) electrons. The molecule has 0 aliphatic carbocycles. The van der Waals surface area contributed by atoms with Crippen molar-refractivity contribution in [1.29, 1.82) is 0 Å². The first-order valence-corrected chi connectivity index (χ1v) is 25.8. The highest BCUT2D eigenvalue weighted by Crippen LogP contribution is 2.46. The molecule has 0 atom stereocenters. The Morgan fingerprint density at radius 2 is 0.896 bits per heavy atom. The summed E-state index contributed by atoms with van der Waals surface area (Å²) < 4.78 is 4.58. The average molecular weight is 987 g/mol. The Balaban J connectivity index is 0.956. The summed E-state index contributed by atoms with van der Waals surface area (Å²) in [5.74, 6) is 1.63. The summed E-state index contributed by atoms with van der Waals surface area (Å²) in [5.41, 5.74) is 19.9. The topological polar surface area (TPSA) is 60.4 Å². The molecule has 13 aromatic rings. The van der Waals surface area contributed by atoms with Crippen molar-refractivity contribution < 1.29 is 0 Å². The molecule has 0 saturated heterocycles. The number of aliphatic imine (C=N–C) groups is 1. The quantitative estimate of drug-likeness (QED) is 0.108. The van der Waals surface area contributed by atoms with Gasteiger partial charge in [0.1, 0.15) is 17.3 Å². The largest absolute Gasteiger partial charge is 0.319 e. The minimum absolute atomic E-state index is 0.538. The number of nitrogens with zero attached hydrogens (tertiary/aromatic N) is 6. The molecule has 0 aliphatic rings. The van der Waals surface area contributed by atoms with Crippen LogP contribution in [0.5, 0.6) is 0 Å². The number of hydrogen-bond donors (Lipinski definition) is 0. The van der Waals surface area contributed by atoms with Gasteiger partial charge in [0.05, 0.1) is 34.0 Å². The third-order valence-electron chi connectivity index (χ3n) is 14.6. The lowest BCUT2D eigenvalue weighted by Gasteiger charge is -2.21. The molecular weight excluding hydrogens is 937 g/mol. The number of rotatable bonds is 13. The molecule has 3 heterocycles. The van der Waals surface area contributed by atoms with E-state index in [1.54, 1.807) is 0 Å². The van der Waals surface area contributed by atoms with E-state index in [1.165, 1.54) is 0 Å². The summed E-state index contributed by atoms with van der Waals surface area (Å²) in [6, 6.07) is 84.7. The predicted octanol–water partition coefficient (Wildman–Crippen LogP) is 18.2. The molecule has 0 unspecified atom stereocenters. The standard InChI is InChI=1S/C71H50N6/c1-4-55-56(5-2)64(54-34-24-25-47(45-54)46-76-67(51-30-14-8-15-31-51)65(49-26-10-6-11-27-49)74-70(76)59-37-20-22-39-61(59)72-3)58-36-19-18-35-57(58)63(55)48-41-43-53(44-42-48)69-73-62-40-23-21-38-60(62)71-75-66(50-28-12-7-13-29-50)68(77(69)71)52-32-16-9-17-33-52/h4-45H,1-3,46H2. The van der Waals surface area contributed by atoms with Gasteiger partial charge in [0.15, 0.2) is 0 Å². The first-order chi connectivity index (χ1) is 38.1. The molecular formula is C71H50N6. The van der Waals surface area contributed by atoms with E-state index in [0.29, 0.717) is 6.54 Å². The van der Waals surface area contributed by atoms with E-state index in [9.17, 15) is 0 Å². The Bertz CT molecular complexity index is 4380. The molecule has 0 spiro atoms. The van der Waals surface area contributed by atoms with Crippen molar-refractivity contribution in [1.82, 2.24) is 23.9 Å². The third kappa shape index (κ3) is 8.16. The minimum Gasteiger partial charge on any atom is -0.319 e. The molecule has 0 bridgehead atoms. The lowest BCUT2D eigenvalue weighted by Crippen LogP contribution is -2.05. The molecule has 6 heteroatoms. The van der Waals surface area contributed by atoms with Crippen LogP contribution in [0.4, 0.5) is 5.69 Å². The molecule has 13 rings (SSSR count). The lowest BCUT2D eigenvalue weighted by atomic mass is 9.83. The maximum Gasteiger partial charge on any atom is 0.149 e. The van der Waals surface area contributed by atoms with E-state index in [-0.39, 0.29) is 0 Å². The summed E-state index contributed by atoms with van der Waals surface area (Å²) in [7, 11) is 0. The van der Waals surface area contributed by atoms with Crippen LogP contribution in [-0.2, 0) is 6.54 Å². The van der Waals surface area contributed by atoms with Crippen LogP contribution in [0.1, 0.15) is 16.7 Å². The zero-order valence-corrected chi connectivity index (χ0v) is 42.3. The number of hydrogen-bond acceptors (Lipinski definition) is 4. The number of benzene rings is 10. The van der Waals surface area contributed by atoms with Crippen LogP contribution in [-0.4, -0.2) is 30.6 Å². The van der Waals surface area contributed by atoms with Crippen LogP contribution in [0.25, 0.3) is 130 Å². The van der Waals surface area contributed by atoms with E-state index in [2.05, 4.69) is 240 Å². The first kappa shape index (κ1) is 46.5. The van der Waals surface area contributed by atoms with Crippen molar-refractivity contribution >= 4 is 51.9 Å². The Morgan fingerprint density at radius 3 is 1.51 bits per heavy atom. The van der Waals surface area contributed by atoms with Crippen LogP contribution in [0.2, 0.25) is 0 Å². The van der Waals surface area contributed by atoms with Crippen LogP contribution in [0.3, 0.4) is 0 Å².